The summed E-state index contributed by atoms with van der Waals surface area (Å²) < 4.78 is 0. The van der Waals surface area contributed by atoms with E-state index in [9.17, 15) is 5.11 Å². The van der Waals surface area contributed by atoms with Crippen molar-refractivity contribution in [3.63, 3.8) is 0 Å². The lowest BCUT2D eigenvalue weighted by atomic mass is 9.33. The van der Waals surface area contributed by atoms with E-state index in [4.69, 9.17) is 0 Å². The number of aliphatic hydroxyl groups is 1. The number of rotatable bonds is 0. The van der Waals surface area contributed by atoms with Gasteiger partial charge in [0, 0.05) is 0 Å². The highest BCUT2D eigenvalue weighted by molar-refractivity contribution is 5.33. The molecule has 6 unspecified atom stereocenters. The van der Waals surface area contributed by atoms with Gasteiger partial charge in [-0.25, -0.2) is 0 Å². The molecular weight excluding hydrogens is 376 g/mol. The van der Waals surface area contributed by atoms with E-state index in [0.717, 1.165) is 30.1 Å². The van der Waals surface area contributed by atoms with Crippen molar-refractivity contribution in [2.75, 3.05) is 0 Å². The summed E-state index contributed by atoms with van der Waals surface area (Å²) in [5.41, 5.74) is 3.60. The van der Waals surface area contributed by atoms with E-state index in [2.05, 4.69) is 61.5 Å². The van der Waals surface area contributed by atoms with Crippen molar-refractivity contribution in [2.45, 2.75) is 119 Å². The van der Waals surface area contributed by atoms with E-state index in [0.29, 0.717) is 27.6 Å². The zero-order valence-corrected chi connectivity index (χ0v) is 21.9. The third kappa shape index (κ3) is 2.65. The highest BCUT2D eigenvalue weighted by Crippen LogP contribution is 2.75. The predicted octanol–water partition coefficient (Wildman–Crippen LogP) is 8.02. The summed E-state index contributed by atoms with van der Waals surface area (Å²) in [6, 6.07) is 0. The van der Waals surface area contributed by atoms with Crippen LogP contribution in [0.4, 0.5) is 0 Å². The molecule has 0 aromatic rings. The second-order valence-corrected chi connectivity index (χ2v) is 14.7. The van der Waals surface area contributed by atoms with Crippen LogP contribution in [0.2, 0.25) is 0 Å². The summed E-state index contributed by atoms with van der Waals surface area (Å²) in [6.45, 7) is 20.5. The van der Waals surface area contributed by atoms with Crippen LogP contribution in [0, 0.1) is 56.7 Å². The van der Waals surface area contributed by atoms with E-state index in [-0.39, 0.29) is 11.5 Å². The number of allylic oxidation sites excluding steroid dienone is 2. The Morgan fingerprint density at radius 1 is 0.806 bits per heavy atom. The number of fused-ring (bicyclic) bond motifs is 7. The molecular formula is C30H50O. The molecule has 0 spiro atoms. The minimum absolute atomic E-state index is 0.0533. The van der Waals surface area contributed by atoms with Crippen LogP contribution in [-0.2, 0) is 0 Å². The smallest absolute Gasteiger partial charge is 0.0594 e. The molecule has 0 aliphatic heterocycles. The van der Waals surface area contributed by atoms with Crippen molar-refractivity contribution in [3.8, 4) is 0 Å². The molecule has 0 radical (unpaired) electrons. The summed E-state index contributed by atoms with van der Waals surface area (Å²) >= 11 is 0. The average molecular weight is 427 g/mol. The van der Waals surface area contributed by atoms with Gasteiger partial charge in [0.25, 0.3) is 0 Å². The van der Waals surface area contributed by atoms with Gasteiger partial charge < -0.3 is 5.11 Å². The van der Waals surface area contributed by atoms with Crippen molar-refractivity contribution in [3.05, 3.63) is 11.6 Å². The third-order valence-electron chi connectivity index (χ3n) is 13.4. The second kappa shape index (κ2) is 6.64. The Morgan fingerprint density at radius 3 is 2.23 bits per heavy atom. The van der Waals surface area contributed by atoms with E-state index >= 15 is 0 Å². The van der Waals surface area contributed by atoms with Crippen LogP contribution in [0.15, 0.2) is 11.6 Å². The molecule has 1 nitrogen and oxygen atoms in total. The first-order valence-electron chi connectivity index (χ1n) is 13.7. The van der Waals surface area contributed by atoms with Crippen molar-refractivity contribution < 1.29 is 5.11 Å². The lowest BCUT2D eigenvalue weighted by Crippen LogP contribution is -2.64. The fourth-order valence-electron chi connectivity index (χ4n) is 10.8. The molecule has 1 N–H and O–H groups in total. The van der Waals surface area contributed by atoms with Crippen LogP contribution >= 0.6 is 0 Å². The maximum atomic E-state index is 10.9. The summed E-state index contributed by atoms with van der Waals surface area (Å²) in [6.07, 6.45) is 14.5. The van der Waals surface area contributed by atoms with Crippen molar-refractivity contribution in [2.24, 2.45) is 56.7 Å². The first-order valence-corrected chi connectivity index (χ1v) is 13.7. The molecule has 0 saturated heterocycles. The molecule has 0 heterocycles. The molecule has 31 heavy (non-hydrogen) atoms. The second-order valence-electron chi connectivity index (χ2n) is 14.7. The minimum atomic E-state index is -0.125. The van der Waals surface area contributed by atoms with Gasteiger partial charge in [-0.1, -0.05) is 67.0 Å². The summed E-state index contributed by atoms with van der Waals surface area (Å²) in [4.78, 5) is 0. The molecule has 0 bridgehead atoms. The Kier molecular flexibility index (Phi) is 4.82. The quantitative estimate of drug-likeness (QED) is 0.389. The molecule has 10 atom stereocenters. The van der Waals surface area contributed by atoms with Crippen molar-refractivity contribution in [1.82, 2.24) is 0 Å². The van der Waals surface area contributed by atoms with Crippen LogP contribution in [0.3, 0.4) is 0 Å². The van der Waals surface area contributed by atoms with E-state index in [1.165, 1.54) is 51.4 Å². The van der Waals surface area contributed by atoms with Gasteiger partial charge in [0.2, 0.25) is 0 Å². The molecule has 0 aromatic carbocycles. The zero-order chi connectivity index (χ0) is 22.6. The fraction of sp³-hybridized carbons (Fsp3) is 0.933. The normalized spacial score (nSPS) is 58.3. The van der Waals surface area contributed by atoms with Gasteiger partial charge in [-0.15, -0.1) is 0 Å². The Labute approximate surface area is 192 Å². The Hall–Kier alpha value is -0.300. The summed E-state index contributed by atoms with van der Waals surface area (Å²) in [5, 5.41) is 10.9. The maximum absolute atomic E-state index is 10.9. The topological polar surface area (TPSA) is 20.2 Å². The predicted molar refractivity (Wildman–Crippen MR) is 131 cm³/mol. The van der Waals surface area contributed by atoms with E-state index < -0.39 is 0 Å². The van der Waals surface area contributed by atoms with Gasteiger partial charge in [0.15, 0.2) is 0 Å². The minimum Gasteiger partial charge on any atom is -0.393 e. The Bertz CT molecular complexity index is 779. The van der Waals surface area contributed by atoms with Gasteiger partial charge in [-0.05, 0) is 114 Å². The van der Waals surface area contributed by atoms with Gasteiger partial charge in [0.05, 0.1) is 6.10 Å². The van der Waals surface area contributed by atoms with E-state index in [1.807, 2.05) is 5.57 Å². The van der Waals surface area contributed by atoms with Crippen LogP contribution in [0.5, 0.6) is 0 Å². The van der Waals surface area contributed by atoms with Crippen LogP contribution in [0.1, 0.15) is 113 Å². The highest BCUT2D eigenvalue weighted by Gasteiger charge is 2.67. The van der Waals surface area contributed by atoms with Crippen molar-refractivity contribution >= 4 is 0 Å². The SMILES string of the molecule is CC1CC[C@]2(C)CC[C@]3(C)C(=CCC4[C@@]5(C)CCC(O)C(C)(C)C5CC[C@]43C)C2C1C. The zero-order valence-electron chi connectivity index (χ0n) is 21.9. The molecule has 5 aliphatic carbocycles. The number of aliphatic hydroxyl groups excluding tert-OH is 1. The molecule has 5 rings (SSSR count). The monoisotopic (exact) mass is 426 g/mol. The van der Waals surface area contributed by atoms with E-state index in [1.54, 1.807) is 0 Å². The summed E-state index contributed by atoms with van der Waals surface area (Å²) in [7, 11) is 0. The molecule has 0 amide bonds. The lowest BCUT2D eigenvalue weighted by molar-refractivity contribution is -0.203. The van der Waals surface area contributed by atoms with Crippen molar-refractivity contribution in [1.29, 1.82) is 0 Å². The largest absolute Gasteiger partial charge is 0.393 e. The van der Waals surface area contributed by atoms with Gasteiger partial charge in [0.1, 0.15) is 0 Å². The first-order chi connectivity index (χ1) is 14.3. The third-order valence-corrected chi connectivity index (χ3v) is 13.4. The van der Waals surface area contributed by atoms with Crippen LogP contribution < -0.4 is 0 Å². The Morgan fingerprint density at radius 2 is 1.52 bits per heavy atom. The number of hydrogen-bond donors (Lipinski definition) is 1. The van der Waals surface area contributed by atoms with Crippen LogP contribution in [0.25, 0.3) is 0 Å². The van der Waals surface area contributed by atoms with Gasteiger partial charge in [-0.3, -0.25) is 0 Å². The first kappa shape index (κ1) is 22.5. The number of hydrogen-bond acceptors (Lipinski definition) is 1. The molecule has 1 heteroatoms. The Balaban J connectivity index is 1.59. The van der Waals surface area contributed by atoms with Gasteiger partial charge in [-0.2, -0.15) is 0 Å². The molecule has 0 aromatic heterocycles. The maximum Gasteiger partial charge on any atom is 0.0594 e. The molecule has 5 aliphatic rings. The summed E-state index contributed by atoms with van der Waals surface area (Å²) in [5.74, 6) is 3.90. The molecule has 176 valence electrons. The van der Waals surface area contributed by atoms with Gasteiger partial charge >= 0.3 is 0 Å². The fourth-order valence-corrected chi connectivity index (χ4v) is 10.8. The molecule has 4 fully saturated rings. The standard InChI is InChI=1S/C30H50O/c1-19-11-14-27(5)17-18-29(7)21(25(27)20(19)2)9-10-23-28(6)15-13-24(31)26(3,4)22(28)12-16-30(23,29)8/h9,19-20,22-25,31H,10-18H2,1-8H3/t19?,20?,22?,23?,24?,25?,27-,28+,29-,30-/m1/s1. The van der Waals surface area contributed by atoms with Crippen LogP contribution in [-0.4, -0.2) is 11.2 Å². The molecule has 4 saturated carbocycles. The highest BCUT2D eigenvalue weighted by atomic mass is 16.3. The lowest BCUT2D eigenvalue weighted by Gasteiger charge is -2.71. The average Bonchev–Trinajstić information content (AvgIpc) is 2.69.